The highest BCUT2D eigenvalue weighted by atomic mass is 16.4. The molecule has 0 unspecified atom stereocenters. The van der Waals surface area contributed by atoms with E-state index in [0.29, 0.717) is 5.82 Å². The lowest BCUT2D eigenvalue weighted by Crippen LogP contribution is -2.12. The van der Waals surface area contributed by atoms with E-state index in [9.17, 15) is 4.79 Å². The normalized spacial score (nSPS) is 13.6. The number of hydrogen-bond donors (Lipinski definition) is 1. The Hall–Kier alpha value is -1.83. The lowest BCUT2D eigenvalue weighted by atomic mass is 10.2. The highest BCUT2D eigenvalue weighted by Crippen LogP contribution is 2.30. The SMILES string of the molecule is [C-]#[N+]c1nn(CC(=O)O)c2c1CCC2. The minimum absolute atomic E-state index is 0.141. The molecule has 1 N–H and O–H groups in total. The van der Waals surface area contributed by atoms with Gasteiger partial charge in [-0.25, -0.2) is 0 Å². The maximum Gasteiger partial charge on any atom is 0.327 e. The highest BCUT2D eigenvalue weighted by Gasteiger charge is 2.24. The first kappa shape index (κ1) is 8.75. The molecule has 72 valence electrons. The average Bonchev–Trinajstić information content (AvgIpc) is 2.67. The highest BCUT2D eigenvalue weighted by molar-refractivity contribution is 5.67. The van der Waals surface area contributed by atoms with Crippen molar-refractivity contribution in [2.75, 3.05) is 0 Å². The van der Waals surface area contributed by atoms with E-state index in [2.05, 4.69) is 9.94 Å². The first-order chi connectivity index (χ1) is 6.72. The van der Waals surface area contributed by atoms with Crippen LogP contribution in [0.5, 0.6) is 0 Å². The molecule has 0 radical (unpaired) electrons. The zero-order valence-corrected chi connectivity index (χ0v) is 7.53. The smallest absolute Gasteiger partial charge is 0.327 e. The van der Waals surface area contributed by atoms with E-state index in [1.165, 1.54) is 4.68 Å². The summed E-state index contributed by atoms with van der Waals surface area (Å²) in [7, 11) is 0. The zero-order chi connectivity index (χ0) is 10.1. The van der Waals surface area contributed by atoms with Gasteiger partial charge in [0.25, 0.3) is 5.82 Å². The number of fused-ring (bicyclic) bond motifs is 1. The summed E-state index contributed by atoms with van der Waals surface area (Å²) in [4.78, 5) is 13.8. The van der Waals surface area contributed by atoms with Crippen LogP contribution in [-0.4, -0.2) is 20.9 Å². The molecule has 1 heterocycles. The first-order valence-electron chi connectivity index (χ1n) is 4.40. The van der Waals surface area contributed by atoms with Crippen LogP contribution in [0.25, 0.3) is 4.85 Å². The molecule has 0 spiro atoms. The number of aromatic nitrogens is 2. The Morgan fingerprint density at radius 3 is 3.07 bits per heavy atom. The van der Waals surface area contributed by atoms with Crippen LogP contribution in [0.2, 0.25) is 0 Å². The minimum Gasteiger partial charge on any atom is -0.480 e. The second-order valence-corrected chi connectivity index (χ2v) is 3.27. The summed E-state index contributed by atoms with van der Waals surface area (Å²) in [6.07, 6.45) is 2.69. The zero-order valence-electron chi connectivity index (χ0n) is 7.53. The molecule has 1 aliphatic carbocycles. The molecule has 0 amide bonds. The van der Waals surface area contributed by atoms with Gasteiger partial charge in [0.05, 0.1) is 5.69 Å². The van der Waals surface area contributed by atoms with Crippen molar-refractivity contribution in [3.8, 4) is 0 Å². The second-order valence-electron chi connectivity index (χ2n) is 3.27. The van der Waals surface area contributed by atoms with Gasteiger partial charge in [0, 0.05) is 5.56 Å². The number of aliphatic carboxylic acids is 1. The molecule has 2 rings (SSSR count). The molecule has 14 heavy (non-hydrogen) atoms. The Balaban J connectivity index is 2.43. The van der Waals surface area contributed by atoms with E-state index < -0.39 is 5.97 Å². The molecule has 0 saturated carbocycles. The Labute approximate surface area is 80.8 Å². The predicted octanol–water partition coefficient (Wildman–Crippen LogP) is 1.01. The van der Waals surface area contributed by atoms with E-state index in [4.69, 9.17) is 11.7 Å². The van der Waals surface area contributed by atoms with Crippen LogP contribution in [0.1, 0.15) is 17.7 Å². The first-order valence-corrected chi connectivity index (χ1v) is 4.40. The van der Waals surface area contributed by atoms with Gasteiger partial charge in [-0.15, -0.1) is 0 Å². The number of carboxylic acid groups (broad SMARTS) is 1. The number of rotatable bonds is 2. The largest absolute Gasteiger partial charge is 0.480 e. The maximum absolute atomic E-state index is 10.5. The fraction of sp³-hybridized carbons (Fsp3) is 0.444. The fourth-order valence-corrected chi connectivity index (χ4v) is 1.84. The van der Waals surface area contributed by atoms with Gasteiger partial charge in [0.15, 0.2) is 6.54 Å². The van der Waals surface area contributed by atoms with Crippen molar-refractivity contribution < 1.29 is 9.90 Å². The summed E-state index contributed by atoms with van der Waals surface area (Å²) in [5, 5.41) is 12.6. The summed E-state index contributed by atoms with van der Waals surface area (Å²) in [6.45, 7) is 6.77. The molecule has 0 aromatic carbocycles. The van der Waals surface area contributed by atoms with Crippen LogP contribution in [-0.2, 0) is 24.2 Å². The Morgan fingerprint density at radius 2 is 2.43 bits per heavy atom. The van der Waals surface area contributed by atoms with Crippen molar-refractivity contribution in [3.05, 3.63) is 22.7 Å². The van der Waals surface area contributed by atoms with Gasteiger partial charge >= 0.3 is 5.97 Å². The van der Waals surface area contributed by atoms with Crippen molar-refractivity contribution in [1.82, 2.24) is 9.78 Å². The number of carboxylic acids is 1. The predicted molar refractivity (Wildman–Crippen MR) is 48.1 cm³/mol. The third kappa shape index (κ3) is 1.25. The van der Waals surface area contributed by atoms with Crippen LogP contribution in [0.3, 0.4) is 0 Å². The summed E-state index contributed by atoms with van der Waals surface area (Å²) < 4.78 is 1.44. The van der Waals surface area contributed by atoms with Crippen LogP contribution >= 0.6 is 0 Å². The van der Waals surface area contributed by atoms with Crippen LogP contribution < -0.4 is 0 Å². The molecular weight excluding hydrogens is 182 g/mol. The van der Waals surface area contributed by atoms with Gasteiger partial charge in [-0.1, -0.05) is 6.57 Å². The van der Waals surface area contributed by atoms with Crippen molar-refractivity contribution in [3.63, 3.8) is 0 Å². The van der Waals surface area contributed by atoms with E-state index >= 15 is 0 Å². The van der Waals surface area contributed by atoms with E-state index in [-0.39, 0.29) is 6.54 Å². The summed E-state index contributed by atoms with van der Waals surface area (Å²) in [6, 6.07) is 0. The Bertz CT molecular complexity index is 428. The Morgan fingerprint density at radius 1 is 1.64 bits per heavy atom. The lowest BCUT2D eigenvalue weighted by Gasteiger charge is -1.96. The van der Waals surface area contributed by atoms with Gasteiger partial charge in [0.2, 0.25) is 0 Å². The monoisotopic (exact) mass is 191 g/mol. The van der Waals surface area contributed by atoms with Crippen LogP contribution in [0, 0.1) is 6.57 Å². The third-order valence-corrected chi connectivity index (χ3v) is 2.38. The van der Waals surface area contributed by atoms with Gasteiger partial charge < -0.3 is 9.95 Å². The Kier molecular flexibility index (Phi) is 1.97. The molecule has 1 aliphatic rings. The van der Waals surface area contributed by atoms with Gasteiger partial charge in [-0.2, -0.15) is 4.68 Å². The van der Waals surface area contributed by atoms with Crippen molar-refractivity contribution in [2.45, 2.75) is 25.8 Å². The molecule has 0 atom stereocenters. The molecule has 1 aromatic rings. The number of carbonyl (C=O) groups is 1. The second kappa shape index (κ2) is 3.14. The number of nitrogens with zero attached hydrogens (tertiary/aromatic N) is 3. The van der Waals surface area contributed by atoms with E-state index in [0.717, 1.165) is 30.5 Å². The van der Waals surface area contributed by atoms with Crippen LogP contribution in [0.4, 0.5) is 5.82 Å². The average molecular weight is 191 g/mol. The van der Waals surface area contributed by atoms with Crippen molar-refractivity contribution in [1.29, 1.82) is 0 Å². The summed E-state index contributed by atoms with van der Waals surface area (Å²) in [5.41, 5.74) is 1.87. The summed E-state index contributed by atoms with van der Waals surface area (Å²) in [5.74, 6) is -0.544. The number of hydrogen-bond acceptors (Lipinski definition) is 2. The van der Waals surface area contributed by atoms with Crippen molar-refractivity contribution >= 4 is 11.8 Å². The van der Waals surface area contributed by atoms with E-state index in [1.807, 2.05) is 0 Å². The molecule has 1 aromatic heterocycles. The van der Waals surface area contributed by atoms with Gasteiger partial charge in [-0.05, 0) is 24.4 Å². The quantitative estimate of drug-likeness (QED) is 0.709. The van der Waals surface area contributed by atoms with Gasteiger partial charge in [-0.3, -0.25) is 4.79 Å². The molecule has 5 heteroatoms. The van der Waals surface area contributed by atoms with E-state index in [1.54, 1.807) is 0 Å². The van der Waals surface area contributed by atoms with Crippen LogP contribution in [0.15, 0.2) is 0 Å². The molecule has 0 bridgehead atoms. The fourth-order valence-electron chi connectivity index (χ4n) is 1.84. The molecular formula is C9H9N3O2. The van der Waals surface area contributed by atoms with Crippen molar-refractivity contribution in [2.24, 2.45) is 0 Å². The van der Waals surface area contributed by atoms with Gasteiger partial charge in [0.1, 0.15) is 0 Å². The maximum atomic E-state index is 10.5. The molecule has 0 fully saturated rings. The third-order valence-electron chi connectivity index (χ3n) is 2.38. The summed E-state index contributed by atoms with van der Waals surface area (Å²) >= 11 is 0. The molecule has 0 saturated heterocycles. The molecule has 0 aliphatic heterocycles. The minimum atomic E-state index is -0.918. The lowest BCUT2D eigenvalue weighted by molar-refractivity contribution is -0.137. The topological polar surface area (TPSA) is 59.5 Å². The standard InChI is InChI=1S/C9H9N3O2/c1-10-9-6-3-2-4-7(6)12(11-9)5-8(13)14/h2-5H2,(H,13,14). The molecule has 5 nitrogen and oxygen atoms in total.